The summed E-state index contributed by atoms with van der Waals surface area (Å²) in [5.74, 6) is 0.105. The molecule has 1 aliphatic carbocycles. The summed E-state index contributed by atoms with van der Waals surface area (Å²) in [6.07, 6.45) is 9.06. The summed E-state index contributed by atoms with van der Waals surface area (Å²) >= 11 is 0. The van der Waals surface area contributed by atoms with Gasteiger partial charge in [-0.05, 0) is 48.8 Å². The number of amides is 3. The molecule has 0 unspecified atom stereocenters. The summed E-state index contributed by atoms with van der Waals surface area (Å²) in [5, 5.41) is 5.95. The molecule has 0 heterocycles. The molecule has 1 aromatic carbocycles. The van der Waals surface area contributed by atoms with E-state index in [0.717, 1.165) is 31.2 Å². The Morgan fingerprint density at radius 1 is 1.09 bits per heavy atom. The van der Waals surface area contributed by atoms with Crippen molar-refractivity contribution in [2.75, 3.05) is 19.3 Å². The predicted molar refractivity (Wildman–Crippen MR) is 142 cm³/mol. The van der Waals surface area contributed by atoms with Gasteiger partial charge in [0.1, 0.15) is 12.1 Å². The molecule has 7 heteroatoms. The van der Waals surface area contributed by atoms with Crippen LogP contribution in [0.5, 0.6) is 0 Å². The molecule has 2 rings (SSSR count). The van der Waals surface area contributed by atoms with E-state index in [1.54, 1.807) is 17.0 Å². The van der Waals surface area contributed by atoms with Crippen LogP contribution in [0.3, 0.4) is 0 Å². The van der Waals surface area contributed by atoms with Crippen LogP contribution < -0.4 is 16.4 Å². The van der Waals surface area contributed by atoms with E-state index in [1.165, 1.54) is 19.3 Å². The molecular formula is C28H46N4O3. The maximum Gasteiger partial charge on any atom is 0.244 e. The van der Waals surface area contributed by atoms with Gasteiger partial charge in [0.05, 0.1) is 6.42 Å². The Bertz CT molecular complexity index is 820. The molecule has 0 saturated heterocycles. The van der Waals surface area contributed by atoms with Gasteiger partial charge in [-0.1, -0.05) is 71.4 Å². The van der Waals surface area contributed by atoms with Gasteiger partial charge in [-0.3, -0.25) is 14.4 Å². The largest absolute Gasteiger partial charge is 0.399 e. The number of carbonyl (C=O) groups excluding carboxylic acids is 3. The number of benzene rings is 1. The second-order valence-corrected chi connectivity index (χ2v) is 10.6. The Morgan fingerprint density at radius 2 is 1.80 bits per heavy atom. The molecule has 0 aliphatic heterocycles. The Labute approximate surface area is 211 Å². The molecule has 1 aromatic rings. The summed E-state index contributed by atoms with van der Waals surface area (Å²) in [7, 11) is 1.82. The van der Waals surface area contributed by atoms with E-state index in [0.29, 0.717) is 31.0 Å². The average Bonchev–Trinajstić information content (AvgIpc) is 2.81. The zero-order valence-electron chi connectivity index (χ0n) is 22.1. The van der Waals surface area contributed by atoms with Crippen LogP contribution >= 0.6 is 0 Å². The van der Waals surface area contributed by atoms with E-state index in [4.69, 9.17) is 5.73 Å². The second-order valence-electron chi connectivity index (χ2n) is 10.6. The van der Waals surface area contributed by atoms with Crippen molar-refractivity contribution in [3.05, 3.63) is 29.8 Å². The maximum atomic E-state index is 13.4. The molecule has 0 bridgehead atoms. The molecular weight excluding hydrogens is 440 g/mol. The number of likely N-dealkylation sites (N-methyl/N-ethyl adjacent to an activating group) is 1. The Hall–Kier alpha value is -2.57. The van der Waals surface area contributed by atoms with Crippen molar-refractivity contribution in [3.63, 3.8) is 0 Å². The lowest BCUT2D eigenvalue weighted by Crippen LogP contribution is -2.55. The molecule has 0 spiro atoms. The number of hydrogen-bond donors (Lipinski definition) is 3. The maximum absolute atomic E-state index is 13.4. The van der Waals surface area contributed by atoms with Gasteiger partial charge < -0.3 is 21.3 Å². The second kappa shape index (κ2) is 14.7. The van der Waals surface area contributed by atoms with Gasteiger partial charge in [-0.15, -0.1) is 0 Å². The fraction of sp³-hybridized carbons (Fsp3) is 0.679. The van der Waals surface area contributed by atoms with Gasteiger partial charge in [0.25, 0.3) is 0 Å². The van der Waals surface area contributed by atoms with Gasteiger partial charge in [-0.2, -0.15) is 0 Å². The predicted octanol–water partition coefficient (Wildman–Crippen LogP) is 4.06. The van der Waals surface area contributed by atoms with Crippen molar-refractivity contribution in [1.82, 2.24) is 15.5 Å². The van der Waals surface area contributed by atoms with Crippen molar-refractivity contribution < 1.29 is 14.4 Å². The van der Waals surface area contributed by atoms with Crippen LogP contribution in [0.15, 0.2) is 24.3 Å². The van der Waals surface area contributed by atoms with E-state index in [2.05, 4.69) is 17.6 Å². The fourth-order valence-corrected chi connectivity index (χ4v) is 4.86. The van der Waals surface area contributed by atoms with Crippen molar-refractivity contribution >= 4 is 23.4 Å². The van der Waals surface area contributed by atoms with Gasteiger partial charge in [0, 0.05) is 19.3 Å². The lowest BCUT2D eigenvalue weighted by molar-refractivity contribution is -0.137. The highest BCUT2D eigenvalue weighted by atomic mass is 16.2. The summed E-state index contributed by atoms with van der Waals surface area (Å²) in [6, 6.07) is 5.95. The molecule has 1 fully saturated rings. The highest BCUT2D eigenvalue weighted by Gasteiger charge is 2.31. The molecule has 2 atom stereocenters. The van der Waals surface area contributed by atoms with Crippen LogP contribution in [0.25, 0.3) is 0 Å². The zero-order valence-corrected chi connectivity index (χ0v) is 22.1. The lowest BCUT2D eigenvalue weighted by Gasteiger charge is -2.31. The number of nitrogens with one attached hydrogen (secondary N) is 2. The van der Waals surface area contributed by atoms with Gasteiger partial charge in [0.2, 0.25) is 17.7 Å². The Kier molecular flexibility index (Phi) is 12.1. The third-order valence-electron chi connectivity index (χ3n) is 6.81. The fourth-order valence-electron chi connectivity index (χ4n) is 4.86. The third kappa shape index (κ3) is 10.3. The van der Waals surface area contributed by atoms with Crippen LogP contribution in [0.2, 0.25) is 0 Å². The van der Waals surface area contributed by atoms with Crippen LogP contribution in [0.1, 0.15) is 84.1 Å². The quantitative estimate of drug-likeness (QED) is 0.366. The Balaban J connectivity index is 2.10. The van der Waals surface area contributed by atoms with Crippen molar-refractivity contribution in [3.8, 4) is 0 Å². The van der Waals surface area contributed by atoms with Crippen molar-refractivity contribution in [2.24, 2.45) is 11.8 Å². The first-order valence-electron chi connectivity index (χ1n) is 13.4. The van der Waals surface area contributed by atoms with Crippen LogP contribution in [0, 0.1) is 11.8 Å². The van der Waals surface area contributed by atoms with Gasteiger partial charge >= 0.3 is 0 Å². The first-order chi connectivity index (χ1) is 16.7. The number of rotatable bonds is 13. The standard InChI is InChI=1S/C28H46N4O3/c1-5-6-15-32(4)28(35)25(18-21-11-8-7-9-12-21)31-27(34)24(16-20(2)3)30-26(33)19-22-13-10-14-23(29)17-22/h10,13-14,17,20-21,24-25H,5-9,11-12,15-16,18-19,29H2,1-4H3,(H,30,33)(H,31,34)/t24-,25-/m0/s1. The highest BCUT2D eigenvalue weighted by Crippen LogP contribution is 2.28. The molecule has 0 radical (unpaired) electrons. The number of unbranched alkanes of at least 4 members (excludes halogenated alkanes) is 1. The first-order valence-corrected chi connectivity index (χ1v) is 13.4. The summed E-state index contributed by atoms with van der Waals surface area (Å²) in [6.45, 7) is 6.82. The summed E-state index contributed by atoms with van der Waals surface area (Å²) < 4.78 is 0. The van der Waals surface area contributed by atoms with Gasteiger partial charge in [-0.25, -0.2) is 0 Å². The van der Waals surface area contributed by atoms with E-state index >= 15 is 0 Å². The van der Waals surface area contributed by atoms with Gasteiger partial charge in [0.15, 0.2) is 0 Å². The van der Waals surface area contributed by atoms with Crippen LogP contribution in [-0.4, -0.2) is 48.3 Å². The van der Waals surface area contributed by atoms with Crippen LogP contribution in [-0.2, 0) is 20.8 Å². The number of carbonyl (C=O) groups is 3. The summed E-state index contributed by atoms with van der Waals surface area (Å²) in [5.41, 5.74) is 7.23. The van der Waals surface area contributed by atoms with E-state index in [1.807, 2.05) is 33.0 Å². The molecule has 35 heavy (non-hydrogen) atoms. The van der Waals surface area contributed by atoms with E-state index in [-0.39, 0.29) is 30.1 Å². The number of nitrogens with zero attached hydrogens (tertiary/aromatic N) is 1. The third-order valence-corrected chi connectivity index (χ3v) is 6.81. The molecule has 3 amide bonds. The molecule has 196 valence electrons. The minimum atomic E-state index is -0.689. The van der Waals surface area contributed by atoms with E-state index < -0.39 is 12.1 Å². The normalized spacial score (nSPS) is 15.9. The van der Waals surface area contributed by atoms with Crippen molar-refractivity contribution in [1.29, 1.82) is 0 Å². The zero-order chi connectivity index (χ0) is 25.8. The minimum Gasteiger partial charge on any atom is -0.399 e. The summed E-state index contributed by atoms with van der Waals surface area (Å²) in [4.78, 5) is 41.2. The molecule has 4 N–H and O–H groups in total. The van der Waals surface area contributed by atoms with Crippen LogP contribution in [0.4, 0.5) is 5.69 Å². The minimum absolute atomic E-state index is 0.0354. The molecule has 0 aromatic heterocycles. The molecule has 7 nitrogen and oxygen atoms in total. The molecule has 1 aliphatic rings. The van der Waals surface area contributed by atoms with Crippen molar-refractivity contribution in [2.45, 2.75) is 97.1 Å². The monoisotopic (exact) mass is 486 g/mol. The average molecular weight is 487 g/mol. The Morgan fingerprint density at radius 3 is 2.43 bits per heavy atom. The number of nitrogens with two attached hydrogens (primary N) is 1. The molecule has 1 saturated carbocycles. The number of nitrogen functional groups attached to an aromatic ring is 1. The smallest absolute Gasteiger partial charge is 0.244 e. The SMILES string of the molecule is CCCCN(C)C(=O)[C@H](CC1CCCCC1)NC(=O)[C@H](CC(C)C)NC(=O)Cc1cccc(N)c1. The van der Waals surface area contributed by atoms with E-state index in [9.17, 15) is 14.4 Å². The number of hydrogen-bond acceptors (Lipinski definition) is 4. The topological polar surface area (TPSA) is 105 Å². The first kappa shape index (κ1) is 28.7. The highest BCUT2D eigenvalue weighted by molar-refractivity contribution is 5.92. The lowest BCUT2D eigenvalue weighted by atomic mass is 9.84. The number of anilines is 1.